The molecule has 18 heavy (non-hydrogen) atoms. The molecule has 1 aliphatic heterocycles. The molecule has 0 fully saturated rings. The van der Waals surface area contributed by atoms with Crippen molar-refractivity contribution in [1.82, 2.24) is 10.6 Å². The molecule has 2 N–H and O–H groups in total. The van der Waals surface area contributed by atoms with Gasteiger partial charge in [-0.3, -0.25) is 4.79 Å². The van der Waals surface area contributed by atoms with Crippen molar-refractivity contribution in [3.63, 3.8) is 0 Å². The van der Waals surface area contributed by atoms with Gasteiger partial charge in [0, 0.05) is 18.7 Å². The zero-order chi connectivity index (χ0) is 12.8. The Labute approximate surface area is 106 Å². The molecule has 0 radical (unpaired) electrons. The normalized spacial score (nSPS) is 12.5. The van der Waals surface area contributed by atoms with Gasteiger partial charge in [-0.15, -0.1) is 0 Å². The van der Waals surface area contributed by atoms with E-state index in [0.29, 0.717) is 23.6 Å². The van der Waals surface area contributed by atoms with Crippen LogP contribution in [0.25, 0.3) is 0 Å². The highest BCUT2D eigenvalue weighted by Gasteiger charge is 2.15. The fourth-order valence-electron chi connectivity index (χ4n) is 1.71. The molecule has 1 amide bonds. The summed E-state index contributed by atoms with van der Waals surface area (Å²) < 4.78 is 10.4. The lowest BCUT2D eigenvalue weighted by atomic mass is 10.2. The van der Waals surface area contributed by atoms with Crippen molar-refractivity contribution in [2.45, 2.75) is 13.3 Å². The molecular formula is C13H18N2O3. The van der Waals surface area contributed by atoms with Gasteiger partial charge >= 0.3 is 0 Å². The maximum Gasteiger partial charge on any atom is 0.251 e. The van der Waals surface area contributed by atoms with Crippen LogP contribution >= 0.6 is 0 Å². The monoisotopic (exact) mass is 250 g/mol. The van der Waals surface area contributed by atoms with Gasteiger partial charge in [-0.05, 0) is 31.2 Å². The molecule has 0 saturated heterocycles. The van der Waals surface area contributed by atoms with Gasteiger partial charge in [0.15, 0.2) is 11.5 Å². The van der Waals surface area contributed by atoms with E-state index in [0.717, 1.165) is 19.5 Å². The first-order valence-electron chi connectivity index (χ1n) is 6.20. The minimum atomic E-state index is -0.0911. The van der Waals surface area contributed by atoms with Crippen molar-refractivity contribution < 1.29 is 14.3 Å². The van der Waals surface area contributed by atoms with Gasteiger partial charge in [-0.25, -0.2) is 0 Å². The molecule has 5 heteroatoms. The van der Waals surface area contributed by atoms with Crippen LogP contribution in [0.3, 0.4) is 0 Å². The summed E-state index contributed by atoms with van der Waals surface area (Å²) in [7, 11) is 0. The number of benzene rings is 1. The van der Waals surface area contributed by atoms with Crippen LogP contribution < -0.4 is 20.1 Å². The number of amides is 1. The second kappa shape index (κ2) is 6.26. The first kappa shape index (κ1) is 12.7. The van der Waals surface area contributed by atoms with Crippen LogP contribution in [0.2, 0.25) is 0 Å². The van der Waals surface area contributed by atoms with Gasteiger partial charge < -0.3 is 20.1 Å². The highest BCUT2D eigenvalue weighted by Crippen LogP contribution is 2.32. The Kier molecular flexibility index (Phi) is 4.41. The highest BCUT2D eigenvalue weighted by atomic mass is 16.7. The van der Waals surface area contributed by atoms with E-state index in [1.807, 2.05) is 0 Å². The summed E-state index contributed by atoms with van der Waals surface area (Å²) in [6.07, 6.45) is 1.09. The third-order valence-corrected chi connectivity index (χ3v) is 2.65. The van der Waals surface area contributed by atoms with Crippen LogP contribution in [-0.2, 0) is 0 Å². The smallest absolute Gasteiger partial charge is 0.251 e. The minimum Gasteiger partial charge on any atom is -0.454 e. The van der Waals surface area contributed by atoms with Gasteiger partial charge in [0.2, 0.25) is 6.79 Å². The van der Waals surface area contributed by atoms with Crippen LogP contribution in [0, 0.1) is 0 Å². The van der Waals surface area contributed by atoms with E-state index in [2.05, 4.69) is 17.6 Å². The van der Waals surface area contributed by atoms with Crippen LogP contribution in [0.15, 0.2) is 18.2 Å². The predicted molar refractivity (Wildman–Crippen MR) is 68.1 cm³/mol. The van der Waals surface area contributed by atoms with Crippen LogP contribution in [0.1, 0.15) is 23.7 Å². The Morgan fingerprint density at radius 2 is 2.06 bits per heavy atom. The summed E-state index contributed by atoms with van der Waals surface area (Å²) in [6, 6.07) is 5.20. The molecule has 1 aromatic carbocycles. The Morgan fingerprint density at radius 1 is 1.22 bits per heavy atom. The largest absolute Gasteiger partial charge is 0.454 e. The van der Waals surface area contributed by atoms with E-state index < -0.39 is 0 Å². The van der Waals surface area contributed by atoms with Gasteiger partial charge in [-0.1, -0.05) is 6.92 Å². The van der Waals surface area contributed by atoms with Gasteiger partial charge in [0.1, 0.15) is 0 Å². The third kappa shape index (κ3) is 3.13. The number of carbonyl (C=O) groups is 1. The second-order valence-corrected chi connectivity index (χ2v) is 4.07. The molecule has 98 valence electrons. The lowest BCUT2D eigenvalue weighted by Gasteiger charge is -2.06. The fraction of sp³-hybridized carbons (Fsp3) is 0.462. The van der Waals surface area contributed by atoms with E-state index in [4.69, 9.17) is 9.47 Å². The quantitative estimate of drug-likeness (QED) is 0.743. The van der Waals surface area contributed by atoms with Crippen LogP contribution in [0.4, 0.5) is 0 Å². The lowest BCUT2D eigenvalue weighted by Crippen LogP contribution is -2.32. The molecule has 0 saturated carbocycles. The van der Waals surface area contributed by atoms with Gasteiger partial charge in [0.25, 0.3) is 5.91 Å². The Balaban J connectivity index is 1.82. The number of hydrogen-bond donors (Lipinski definition) is 2. The Morgan fingerprint density at radius 3 is 2.89 bits per heavy atom. The molecule has 2 rings (SSSR count). The molecule has 0 bridgehead atoms. The molecule has 0 atom stereocenters. The SMILES string of the molecule is CCCNCCNC(=O)c1ccc2c(c1)OCO2. The number of rotatable bonds is 6. The maximum absolute atomic E-state index is 11.8. The zero-order valence-corrected chi connectivity index (χ0v) is 10.5. The number of fused-ring (bicyclic) bond motifs is 1. The minimum absolute atomic E-state index is 0.0911. The molecule has 1 heterocycles. The zero-order valence-electron chi connectivity index (χ0n) is 10.5. The van der Waals surface area contributed by atoms with Crippen molar-refractivity contribution in [2.24, 2.45) is 0 Å². The average Bonchev–Trinajstić information content (AvgIpc) is 2.85. The summed E-state index contributed by atoms with van der Waals surface area (Å²) in [5.74, 6) is 1.23. The van der Waals surface area contributed by atoms with Crippen molar-refractivity contribution in [1.29, 1.82) is 0 Å². The topological polar surface area (TPSA) is 59.6 Å². The summed E-state index contributed by atoms with van der Waals surface area (Å²) in [6.45, 7) is 4.71. The van der Waals surface area contributed by atoms with Crippen molar-refractivity contribution >= 4 is 5.91 Å². The second-order valence-electron chi connectivity index (χ2n) is 4.07. The Bertz CT molecular complexity index is 421. The van der Waals surface area contributed by atoms with E-state index in [1.54, 1.807) is 18.2 Å². The highest BCUT2D eigenvalue weighted by molar-refractivity contribution is 5.94. The molecule has 1 aliphatic rings. The van der Waals surface area contributed by atoms with Crippen LogP contribution in [0.5, 0.6) is 11.5 Å². The molecule has 0 aromatic heterocycles. The maximum atomic E-state index is 11.8. The van der Waals surface area contributed by atoms with Crippen molar-refractivity contribution in [3.8, 4) is 11.5 Å². The summed E-state index contributed by atoms with van der Waals surface area (Å²) >= 11 is 0. The summed E-state index contributed by atoms with van der Waals surface area (Å²) in [4.78, 5) is 11.8. The summed E-state index contributed by atoms with van der Waals surface area (Å²) in [5, 5.41) is 6.08. The first-order valence-corrected chi connectivity index (χ1v) is 6.20. The van der Waals surface area contributed by atoms with Crippen molar-refractivity contribution in [3.05, 3.63) is 23.8 Å². The number of ether oxygens (including phenoxy) is 2. The molecule has 0 spiro atoms. The fourth-order valence-corrected chi connectivity index (χ4v) is 1.71. The standard InChI is InChI=1S/C13H18N2O3/c1-2-5-14-6-7-15-13(16)10-3-4-11-12(8-10)18-9-17-11/h3-4,8,14H,2,5-7,9H2,1H3,(H,15,16). The predicted octanol–water partition coefficient (Wildman–Crippen LogP) is 1.14. The third-order valence-electron chi connectivity index (χ3n) is 2.65. The molecular weight excluding hydrogens is 232 g/mol. The van der Waals surface area contributed by atoms with Gasteiger partial charge in [-0.2, -0.15) is 0 Å². The molecule has 1 aromatic rings. The number of hydrogen-bond acceptors (Lipinski definition) is 4. The Hall–Kier alpha value is -1.75. The molecule has 0 unspecified atom stereocenters. The van der Waals surface area contributed by atoms with E-state index >= 15 is 0 Å². The molecule has 0 aliphatic carbocycles. The van der Waals surface area contributed by atoms with E-state index in [1.165, 1.54) is 0 Å². The van der Waals surface area contributed by atoms with Gasteiger partial charge in [0.05, 0.1) is 0 Å². The average molecular weight is 250 g/mol. The van der Waals surface area contributed by atoms with Crippen LogP contribution in [-0.4, -0.2) is 32.3 Å². The lowest BCUT2D eigenvalue weighted by molar-refractivity contribution is 0.0953. The molecule has 5 nitrogen and oxygen atoms in total. The first-order chi connectivity index (χ1) is 8.81. The van der Waals surface area contributed by atoms with E-state index in [9.17, 15) is 4.79 Å². The summed E-state index contributed by atoms with van der Waals surface area (Å²) in [5.41, 5.74) is 0.592. The van der Waals surface area contributed by atoms with E-state index in [-0.39, 0.29) is 12.7 Å². The number of nitrogens with one attached hydrogen (secondary N) is 2. The number of carbonyl (C=O) groups excluding carboxylic acids is 1. The van der Waals surface area contributed by atoms with Crippen molar-refractivity contribution in [2.75, 3.05) is 26.4 Å².